The van der Waals surface area contributed by atoms with Gasteiger partial charge in [-0.2, -0.15) is 0 Å². The zero-order chi connectivity index (χ0) is 12.3. The topological polar surface area (TPSA) is 12.0 Å². The molecule has 0 aliphatic heterocycles. The number of benzene rings is 1. The molecule has 1 rings (SSSR count). The number of hydrogen-bond donors (Lipinski definition) is 1. The van der Waals surface area contributed by atoms with Gasteiger partial charge in [0, 0.05) is 16.7 Å². The van der Waals surface area contributed by atoms with Crippen LogP contribution in [0.5, 0.6) is 0 Å². The quantitative estimate of drug-likeness (QED) is 0.584. The SMILES string of the molecule is CCCCCCCCCNc1ccccc1Br. The molecule has 0 aliphatic rings. The van der Waals surface area contributed by atoms with Gasteiger partial charge in [0.25, 0.3) is 0 Å². The molecule has 1 N–H and O–H groups in total. The first-order valence-electron chi connectivity index (χ1n) is 6.83. The molecule has 1 aromatic carbocycles. The normalized spacial score (nSPS) is 10.5. The zero-order valence-electron chi connectivity index (χ0n) is 10.8. The molecule has 0 atom stereocenters. The zero-order valence-corrected chi connectivity index (χ0v) is 12.4. The lowest BCUT2D eigenvalue weighted by atomic mass is 10.1. The average molecular weight is 298 g/mol. The van der Waals surface area contributed by atoms with Crippen molar-refractivity contribution in [2.45, 2.75) is 51.9 Å². The van der Waals surface area contributed by atoms with Crippen molar-refractivity contribution in [3.63, 3.8) is 0 Å². The lowest BCUT2D eigenvalue weighted by Crippen LogP contribution is -2.01. The number of nitrogens with one attached hydrogen (secondary N) is 1. The maximum Gasteiger partial charge on any atom is 0.0484 e. The second-order valence-electron chi connectivity index (χ2n) is 4.53. The van der Waals surface area contributed by atoms with Gasteiger partial charge in [0.1, 0.15) is 0 Å². The summed E-state index contributed by atoms with van der Waals surface area (Å²) in [6.07, 6.45) is 9.56. The molecule has 96 valence electrons. The summed E-state index contributed by atoms with van der Waals surface area (Å²) in [5, 5.41) is 3.47. The first-order chi connectivity index (χ1) is 8.34. The van der Waals surface area contributed by atoms with E-state index in [1.165, 1.54) is 50.6 Å². The third-order valence-electron chi connectivity index (χ3n) is 2.97. The van der Waals surface area contributed by atoms with Crippen molar-refractivity contribution in [3.8, 4) is 0 Å². The van der Waals surface area contributed by atoms with Crippen molar-refractivity contribution >= 4 is 21.6 Å². The molecular weight excluding hydrogens is 274 g/mol. The molecule has 0 radical (unpaired) electrons. The van der Waals surface area contributed by atoms with Crippen LogP contribution < -0.4 is 5.32 Å². The van der Waals surface area contributed by atoms with Gasteiger partial charge in [-0.1, -0.05) is 57.6 Å². The van der Waals surface area contributed by atoms with Crippen molar-refractivity contribution in [1.29, 1.82) is 0 Å². The van der Waals surface area contributed by atoms with E-state index in [-0.39, 0.29) is 0 Å². The Morgan fingerprint density at radius 3 is 2.29 bits per heavy atom. The molecule has 0 saturated carbocycles. The average Bonchev–Trinajstić information content (AvgIpc) is 2.35. The van der Waals surface area contributed by atoms with Crippen LogP contribution in [0.1, 0.15) is 51.9 Å². The number of rotatable bonds is 9. The summed E-state index contributed by atoms with van der Waals surface area (Å²) in [6.45, 7) is 3.35. The van der Waals surface area contributed by atoms with Crippen LogP contribution >= 0.6 is 15.9 Å². The molecule has 0 saturated heterocycles. The highest BCUT2D eigenvalue weighted by molar-refractivity contribution is 9.10. The number of hydrogen-bond acceptors (Lipinski definition) is 1. The maximum atomic E-state index is 3.55. The summed E-state index contributed by atoms with van der Waals surface area (Å²) >= 11 is 3.55. The van der Waals surface area contributed by atoms with Gasteiger partial charge >= 0.3 is 0 Å². The highest BCUT2D eigenvalue weighted by atomic mass is 79.9. The van der Waals surface area contributed by atoms with Crippen molar-refractivity contribution in [1.82, 2.24) is 0 Å². The number of para-hydroxylation sites is 1. The molecule has 0 bridgehead atoms. The van der Waals surface area contributed by atoms with E-state index in [1.807, 2.05) is 6.07 Å². The molecular formula is C15H24BrN. The number of anilines is 1. The molecule has 0 unspecified atom stereocenters. The van der Waals surface area contributed by atoms with Crippen molar-refractivity contribution < 1.29 is 0 Å². The van der Waals surface area contributed by atoms with E-state index >= 15 is 0 Å². The van der Waals surface area contributed by atoms with Gasteiger partial charge in [0.2, 0.25) is 0 Å². The second kappa shape index (κ2) is 9.52. The van der Waals surface area contributed by atoms with E-state index in [1.54, 1.807) is 0 Å². The Bertz CT molecular complexity index is 299. The first-order valence-corrected chi connectivity index (χ1v) is 7.62. The lowest BCUT2D eigenvalue weighted by molar-refractivity contribution is 0.596. The third-order valence-corrected chi connectivity index (χ3v) is 3.66. The third kappa shape index (κ3) is 6.72. The highest BCUT2D eigenvalue weighted by Crippen LogP contribution is 2.21. The van der Waals surface area contributed by atoms with Gasteiger partial charge in [0.05, 0.1) is 0 Å². The van der Waals surface area contributed by atoms with Crippen LogP contribution in [0.4, 0.5) is 5.69 Å². The Hall–Kier alpha value is -0.500. The molecule has 0 spiro atoms. The predicted octanol–water partition coefficient (Wildman–Crippen LogP) is 5.61. The van der Waals surface area contributed by atoms with E-state index in [9.17, 15) is 0 Å². The predicted molar refractivity (Wildman–Crippen MR) is 80.6 cm³/mol. The minimum Gasteiger partial charge on any atom is -0.384 e. The summed E-state index contributed by atoms with van der Waals surface area (Å²) in [6, 6.07) is 8.30. The second-order valence-corrected chi connectivity index (χ2v) is 5.38. The maximum absolute atomic E-state index is 3.55. The van der Waals surface area contributed by atoms with Gasteiger partial charge < -0.3 is 5.32 Å². The first kappa shape index (κ1) is 14.6. The van der Waals surface area contributed by atoms with Crippen LogP contribution in [0.15, 0.2) is 28.7 Å². The van der Waals surface area contributed by atoms with Crippen LogP contribution in [-0.4, -0.2) is 6.54 Å². The summed E-state index contributed by atoms with van der Waals surface area (Å²) in [5.74, 6) is 0. The summed E-state index contributed by atoms with van der Waals surface area (Å²) in [4.78, 5) is 0. The van der Waals surface area contributed by atoms with E-state index in [0.717, 1.165) is 11.0 Å². The molecule has 1 nitrogen and oxygen atoms in total. The minimum atomic E-state index is 1.08. The summed E-state index contributed by atoms with van der Waals surface area (Å²) < 4.78 is 1.16. The summed E-state index contributed by atoms with van der Waals surface area (Å²) in [5.41, 5.74) is 1.21. The van der Waals surface area contributed by atoms with Crippen molar-refractivity contribution in [3.05, 3.63) is 28.7 Å². The van der Waals surface area contributed by atoms with E-state index in [0.29, 0.717) is 0 Å². The monoisotopic (exact) mass is 297 g/mol. The van der Waals surface area contributed by atoms with E-state index < -0.39 is 0 Å². The Balaban J connectivity index is 1.99. The Kier molecular flexibility index (Phi) is 8.16. The van der Waals surface area contributed by atoms with Crippen molar-refractivity contribution in [2.75, 3.05) is 11.9 Å². The highest BCUT2D eigenvalue weighted by Gasteiger charge is 1.96. The fourth-order valence-corrected chi connectivity index (χ4v) is 2.33. The molecule has 0 amide bonds. The van der Waals surface area contributed by atoms with Gasteiger partial charge in [0.15, 0.2) is 0 Å². The molecule has 1 aromatic rings. The Morgan fingerprint density at radius 2 is 1.59 bits per heavy atom. The number of halogens is 1. The van der Waals surface area contributed by atoms with Gasteiger partial charge in [-0.15, -0.1) is 0 Å². The molecule has 0 aliphatic carbocycles. The largest absolute Gasteiger partial charge is 0.384 e. The number of unbranched alkanes of at least 4 members (excludes halogenated alkanes) is 6. The Labute approximate surface area is 114 Å². The fourth-order valence-electron chi connectivity index (χ4n) is 1.91. The van der Waals surface area contributed by atoms with Crippen LogP contribution in [0.2, 0.25) is 0 Å². The van der Waals surface area contributed by atoms with E-state index in [2.05, 4.69) is 46.4 Å². The standard InChI is InChI=1S/C15H24BrN/c1-2-3-4-5-6-7-10-13-17-15-12-9-8-11-14(15)16/h8-9,11-12,17H,2-7,10,13H2,1H3. The Morgan fingerprint density at radius 1 is 0.941 bits per heavy atom. The van der Waals surface area contributed by atoms with Gasteiger partial charge in [-0.3, -0.25) is 0 Å². The molecule has 0 aromatic heterocycles. The van der Waals surface area contributed by atoms with Gasteiger partial charge in [-0.05, 0) is 34.5 Å². The van der Waals surface area contributed by atoms with Crippen LogP contribution in [0.3, 0.4) is 0 Å². The molecule has 0 fully saturated rings. The summed E-state index contributed by atoms with van der Waals surface area (Å²) in [7, 11) is 0. The lowest BCUT2D eigenvalue weighted by Gasteiger charge is -2.08. The fraction of sp³-hybridized carbons (Fsp3) is 0.600. The van der Waals surface area contributed by atoms with Crippen molar-refractivity contribution in [2.24, 2.45) is 0 Å². The molecule has 17 heavy (non-hydrogen) atoms. The minimum absolute atomic E-state index is 1.08. The van der Waals surface area contributed by atoms with Gasteiger partial charge in [-0.25, -0.2) is 0 Å². The smallest absolute Gasteiger partial charge is 0.0484 e. The van der Waals surface area contributed by atoms with Crippen LogP contribution in [0.25, 0.3) is 0 Å². The van der Waals surface area contributed by atoms with Crippen LogP contribution in [-0.2, 0) is 0 Å². The van der Waals surface area contributed by atoms with Crippen LogP contribution in [0, 0.1) is 0 Å². The molecule has 2 heteroatoms. The molecule has 0 heterocycles. The van der Waals surface area contributed by atoms with E-state index in [4.69, 9.17) is 0 Å².